The summed E-state index contributed by atoms with van der Waals surface area (Å²) in [5, 5.41) is 10.0. The number of H-pyrrole nitrogens is 1. The van der Waals surface area contributed by atoms with Crippen LogP contribution < -0.4 is 5.69 Å². The highest BCUT2D eigenvalue weighted by atomic mass is 32.2. The van der Waals surface area contributed by atoms with Gasteiger partial charge in [-0.2, -0.15) is 0 Å². The SMILES string of the molecule is CC(c1ccccc1)n1c(SCC(=O)c2csc3ccccc23)n[nH]c1=O. The number of carbonyl (C=O) groups is 1. The predicted octanol–water partition coefficient (Wildman–Crippen LogP) is 4.37. The van der Waals surface area contributed by atoms with Crippen LogP contribution in [0.4, 0.5) is 0 Å². The highest BCUT2D eigenvalue weighted by Crippen LogP contribution is 2.28. The van der Waals surface area contributed by atoms with Gasteiger partial charge in [0.05, 0.1) is 11.8 Å². The van der Waals surface area contributed by atoms with E-state index in [4.69, 9.17) is 0 Å². The monoisotopic (exact) mass is 395 g/mol. The van der Waals surface area contributed by atoms with Gasteiger partial charge in [0.25, 0.3) is 0 Å². The number of hydrogen-bond donors (Lipinski definition) is 1. The molecule has 0 aliphatic carbocycles. The smallest absolute Gasteiger partial charge is 0.293 e. The second-order valence-corrected chi connectivity index (χ2v) is 7.98. The molecule has 2 aromatic carbocycles. The van der Waals surface area contributed by atoms with Crippen molar-refractivity contribution in [1.29, 1.82) is 0 Å². The summed E-state index contributed by atoms with van der Waals surface area (Å²) in [5.74, 6) is 0.263. The number of thiophene rings is 1. The van der Waals surface area contributed by atoms with E-state index >= 15 is 0 Å². The average Bonchev–Trinajstić information content (AvgIpc) is 3.30. The van der Waals surface area contributed by atoms with Crippen molar-refractivity contribution in [2.24, 2.45) is 0 Å². The van der Waals surface area contributed by atoms with Gasteiger partial charge in [0.15, 0.2) is 10.9 Å². The third-order valence-corrected chi connectivity index (χ3v) is 6.37. The van der Waals surface area contributed by atoms with Crippen LogP contribution in [0.15, 0.2) is 69.9 Å². The molecule has 27 heavy (non-hydrogen) atoms. The molecule has 2 heterocycles. The lowest BCUT2D eigenvalue weighted by Crippen LogP contribution is -2.22. The summed E-state index contributed by atoms with van der Waals surface area (Å²) < 4.78 is 2.69. The van der Waals surface area contributed by atoms with E-state index in [0.29, 0.717) is 5.16 Å². The van der Waals surface area contributed by atoms with Gasteiger partial charge in [0, 0.05) is 21.0 Å². The molecule has 0 aliphatic heterocycles. The molecule has 5 nitrogen and oxygen atoms in total. The molecule has 1 unspecified atom stereocenters. The van der Waals surface area contributed by atoms with Crippen molar-refractivity contribution < 1.29 is 4.79 Å². The maximum atomic E-state index is 12.7. The predicted molar refractivity (Wildman–Crippen MR) is 110 cm³/mol. The van der Waals surface area contributed by atoms with Gasteiger partial charge in [-0.3, -0.25) is 9.36 Å². The largest absolute Gasteiger partial charge is 0.344 e. The Labute approximate surface area is 164 Å². The summed E-state index contributed by atoms with van der Waals surface area (Å²) in [6, 6.07) is 17.5. The molecule has 7 heteroatoms. The summed E-state index contributed by atoms with van der Waals surface area (Å²) in [7, 11) is 0. The third-order valence-electron chi connectivity index (χ3n) is 4.46. The first-order valence-electron chi connectivity index (χ1n) is 8.49. The Bertz CT molecular complexity index is 1140. The quantitative estimate of drug-likeness (QED) is 0.389. The van der Waals surface area contributed by atoms with E-state index < -0.39 is 0 Å². The van der Waals surface area contributed by atoms with Crippen LogP contribution in [0.25, 0.3) is 10.1 Å². The number of thioether (sulfide) groups is 1. The number of aromatic nitrogens is 3. The molecule has 1 N–H and O–H groups in total. The Morgan fingerprint density at radius 2 is 1.93 bits per heavy atom. The summed E-state index contributed by atoms with van der Waals surface area (Å²) in [6.45, 7) is 1.95. The zero-order valence-electron chi connectivity index (χ0n) is 14.6. The summed E-state index contributed by atoms with van der Waals surface area (Å²) in [6.07, 6.45) is 0. The fraction of sp³-hybridized carbons (Fsp3) is 0.150. The number of carbonyl (C=O) groups excluding carboxylic acids is 1. The number of aromatic amines is 1. The lowest BCUT2D eigenvalue weighted by Gasteiger charge is -2.14. The number of nitrogens with zero attached hydrogens (tertiary/aromatic N) is 2. The molecule has 0 radical (unpaired) electrons. The molecule has 4 rings (SSSR count). The fourth-order valence-electron chi connectivity index (χ4n) is 3.02. The van der Waals surface area contributed by atoms with Crippen molar-refractivity contribution in [3.8, 4) is 0 Å². The van der Waals surface area contributed by atoms with E-state index in [1.165, 1.54) is 11.8 Å². The van der Waals surface area contributed by atoms with Gasteiger partial charge in [-0.25, -0.2) is 9.89 Å². The molecule has 0 amide bonds. The average molecular weight is 396 g/mol. The van der Waals surface area contributed by atoms with Crippen molar-refractivity contribution >= 4 is 39.0 Å². The zero-order chi connectivity index (χ0) is 18.8. The Kier molecular flexibility index (Phi) is 4.96. The van der Waals surface area contributed by atoms with Crippen LogP contribution in [-0.4, -0.2) is 26.3 Å². The number of benzene rings is 2. The van der Waals surface area contributed by atoms with E-state index in [0.717, 1.165) is 21.2 Å². The van der Waals surface area contributed by atoms with E-state index in [1.54, 1.807) is 15.9 Å². The van der Waals surface area contributed by atoms with E-state index in [9.17, 15) is 9.59 Å². The van der Waals surface area contributed by atoms with E-state index in [-0.39, 0.29) is 23.3 Å². The summed E-state index contributed by atoms with van der Waals surface area (Å²) >= 11 is 2.85. The molecule has 0 spiro atoms. The number of hydrogen-bond acceptors (Lipinski definition) is 5. The minimum atomic E-state index is -0.276. The standard InChI is InChI=1S/C20H17N3O2S2/c1-13(14-7-3-2-4-8-14)23-19(25)21-22-20(23)27-12-17(24)16-11-26-18-10-6-5-9-15(16)18/h2-11,13H,12H2,1H3,(H,21,25). The van der Waals surface area contributed by atoms with Crippen molar-refractivity contribution in [3.05, 3.63) is 81.6 Å². The molecule has 1 atom stereocenters. The second kappa shape index (κ2) is 7.54. The molecule has 0 fully saturated rings. The lowest BCUT2D eigenvalue weighted by molar-refractivity contribution is 0.102. The molecule has 2 aromatic heterocycles. The van der Waals surface area contributed by atoms with Gasteiger partial charge >= 0.3 is 5.69 Å². The summed E-state index contributed by atoms with van der Waals surface area (Å²) in [4.78, 5) is 25.0. The Morgan fingerprint density at radius 1 is 1.19 bits per heavy atom. The number of rotatable bonds is 6. The maximum Gasteiger partial charge on any atom is 0.344 e. The van der Waals surface area contributed by atoms with Gasteiger partial charge in [-0.1, -0.05) is 60.3 Å². The van der Waals surface area contributed by atoms with Gasteiger partial charge in [0.2, 0.25) is 0 Å². The molecule has 136 valence electrons. The topological polar surface area (TPSA) is 67.8 Å². The van der Waals surface area contributed by atoms with Gasteiger partial charge in [-0.15, -0.1) is 16.4 Å². The van der Waals surface area contributed by atoms with Gasteiger partial charge in [-0.05, 0) is 18.6 Å². The van der Waals surface area contributed by atoms with Gasteiger partial charge in [0.1, 0.15) is 0 Å². The normalized spacial score (nSPS) is 12.3. The van der Waals surface area contributed by atoms with E-state index in [1.807, 2.05) is 66.9 Å². The first-order valence-corrected chi connectivity index (χ1v) is 10.4. The molecular formula is C20H17N3O2S2. The van der Waals surface area contributed by atoms with Crippen LogP contribution in [0.1, 0.15) is 28.9 Å². The van der Waals surface area contributed by atoms with Crippen LogP contribution in [0.2, 0.25) is 0 Å². The number of nitrogens with one attached hydrogen (secondary N) is 1. The minimum Gasteiger partial charge on any atom is -0.293 e. The fourth-order valence-corrected chi connectivity index (χ4v) is 4.89. The van der Waals surface area contributed by atoms with Crippen LogP contribution in [-0.2, 0) is 0 Å². The lowest BCUT2D eigenvalue weighted by atomic mass is 10.1. The highest BCUT2D eigenvalue weighted by Gasteiger charge is 2.19. The highest BCUT2D eigenvalue weighted by molar-refractivity contribution is 7.99. The number of fused-ring (bicyclic) bond motifs is 1. The number of Topliss-reactive ketones (excluding diaryl/α,β-unsaturated/α-hetero) is 1. The van der Waals surface area contributed by atoms with Crippen molar-refractivity contribution in [2.75, 3.05) is 5.75 Å². The molecule has 0 aliphatic rings. The molecule has 0 bridgehead atoms. The van der Waals surface area contributed by atoms with Gasteiger partial charge < -0.3 is 0 Å². The van der Waals surface area contributed by atoms with Crippen molar-refractivity contribution in [3.63, 3.8) is 0 Å². The first kappa shape index (κ1) is 17.8. The Morgan fingerprint density at radius 3 is 2.74 bits per heavy atom. The van der Waals surface area contributed by atoms with Crippen molar-refractivity contribution in [1.82, 2.24) is 14.8 Å². The molecular weight excluding hydrogens is 378 g/mol. The molecule has 4 aromatic rings. The molecule has 0 saturated carbocycles. The Hall–Kier alpha value is -2.64. The van der Waals surface area contributed by atoms with Crippen LogP contribution >= 0.6 is 23.1 Å². The zero-order valence-corrected chi connectivity index (χ0v) is 16.2. The summed E-state index contributed by atoms with van der Waals surface area (Å²) in [5.41, 5.74) is 1.46. The Balaban J connectivity index is 1.56. The minimum absolute atomic E-state index is 0.0341. The van der Waals surface area contributed by atoms with E-state index in [2.05, 4.69) is 10.2 Å². The van der Waals surface area contributed by atoms with Crippen LogP contribution in [0, 0.1) is 0 Å². The maximum absolute atomic E-state index is 12.7. The third kappa shape index (κ3) is 3.48. The molecule has 0 saturated heterocycles. The first-order chi connectivity index (χ1) is 13.1. The van der Waals surface area contributed by atoms with Crippen molar-refractivity contribution in [2.45, 2.75) is 18.1 Å². The second-order valence-electron chi connectivity index (χ2n) is 6.13. The number of ketones is 1. The van der Waals surface area contributed by atoms with Crippen LogP contribution in [0.3, 0.4) is 0 Å². The van der Waals surface area contributed by atoms with Crippen LogP contribution in [0.5, 0.6) is 0 Å².